The monoisotopic (exact) mass is 200 g/mol. The number of fused-ring (bicyclic) bond motifs is 1. The van der Waals surface area contributed by atoms with Gasteiger partial charge in [0, 0.05) is 12.4 Å². The minimum Gasteiger partial charge on any atom is -0.268 e. The highest BCUT2D eigenvalue weighted by Crippen LogP contribution is 2.29. The first kappa shape index (κ1) is 7.90. The van der Waals surface area contributed by atoms with E-state index in [9.17, 15) is 0 Å². The molecule has 1 aromatic carbocycles. The van der Waals surface area contributed by atoms with Crippen LogP contribution in [0.1, 0.15) is 0 Å². The third-order valence-electron chi connectivity index (χ3n) is 1.82. The summed E-state index contributed by atoms with van der Waals surface area (Å²) in [5, 5.41) is 6.10. The van der Waals surface area contributed by atoms with E-state index in [1.54, 1.807) is 16.9 Å². The molecule has 0 atom stereocenters. The molecule has 2 aromatic rings. The molecule has 0 bridgehead atoms. The number of halogens is 2. The molecule has 4 heteroatoms. The molecule has 0 aliphatic carbocycles. The fourth-order valence-electron chi connectivity index (χ4n) is 1.17. The van der Waals surface area contributed by atoms with Crippen LogP contribution in [0, 0.1) is 0 Å². The van der Waals surface area contributed by atoms with Gasteiger partial charge in [0.05, 0.1) is 21.8 Å². The number of rotatable bonds is 0. The number of aryl methyl sites for hydroxylation is 1. The van der Waals surface area contributed by atoms with E-state index in [4.69, 9.17) is 23.2 Å². The Kier molecular flexibility index (Phi) is 1.74. The quantitative estimate of drug-likeness (QED) is 0.640. The molecule has 0 aliphatic rings. The average molecular weight is 201 g/mol. The number of benzene rings is 1. The number of aromatic nitrogens is 2. The van der Waals surface area contributed by atoms with Crippen LogP contribution in [0.25, 0.3) is 10.9 Å². The zero-order valence-corrected chi connectivity index (χ0v) is 7.89. The highest BCUT2D eigenvalue weighted by molar-refractivity contribution is 6.45. The van der Waals surface area contributed by atoms with E-state index < -0.39 is 0 Å². The summed E-state index contributed by atoms with van der Waals surface area (Å²) in [5.41, 5.74) is 0.990. The van der Waals surface area contributed by atoms with E-state index in [0.717, 1.165) is 10.9 Å². The number of hydrogen-bond donors (Lipinski definition) is 0. The lowest BCUT2D eigenvalue weighted by atomic mass is 10.2. The van der Waals surface area contributed by atoms with Crippen LogP contribution >= 0.6 is 23.2 Å². The Morgan fingerprint density at radius 3 is 2.83 bits per heavy atom. The van der Waals surface area contributed by atoms with Crippen molar-refractivity contribution in [3.63, 3.8) is 0 Å². The second-order valence-corrected chi connectivity index (χ2v) is 3.35. The van der Waals surface area contributed by atoms with Gasteiger partial charge in [-0.05, 0) is 12.1 Å². The fraction of sp³-hybridized carbons (Fsp3) is 0.125. The second-order valence-electron chi connectivity index (χ2n) is 2.56. The standard InChI is InChI=1S/C8H6Cl2N2/c1-12-7-3-2-6(9)8(10)5(7)4-11-12/h2-4H,1H3. The van der Waals surface area contributed by atoms with E-state index in [1.807, 2.05) is 13.1 Å². The molecule has 2 rings (SSSR count). The summed E-state index contributed by atoms with van der Waals surface area (Å²) in [6.07, 6.45) is 1.71. The van der Waals surface area contributed by atoms with Crippen molar-refractivity contribution in [1.29, 1.82) is 0 Å². The predicted octanol–water partition coefficient (Wildman–Crippen LogP) is 2.88. The first-order valence-corrected chi connectivity index (χ1v) is 4.21. The molecule has 0 aliphatic heterocycles. The Morgan fingerprint density at radius 2 is 2.08 bits per heavy atom. The van der Waals surface area contributed by atoms with Crippen molar-refractivity contribution in [2.45, 2.75) is 0 Å². The van der Waals surface area contributed by atoms with Gasteiger partial charge < -0.3 is 0 Å². The average Bonchev–Trinajstić information content (AvgIpc) is 2.41. The summed E-state index contributed by atoms with van der Waals surface area (Å²) in [6.45, 7) is 0. The highest BCUT2D eigenvalue weighted by atomic mass is 35.5. The largest absolute Gasteiger partial charge is 0.268 e. The smallest absolute Gasteiger partial charge is 0.0702 e. The molecule has 0 saturated heterocycles. The van der Waals surface area contributed by atoms with Crippen LogP contribution < -0.4 is 0 Å². The molecular weight excluding hydrogens is 195 g/mol. The summed E-state index contributed by atoms with van der Waals surface area (Å²) in [5.74, 6) is 0. The molecule has 1 heterocycles. The van der Waals surface area contributed by atoms with Gasteiger partial charge in [0.1, 0.15) is 0 Å². The summed E-state index contributed by atoms with van der Waals surface area (Å²) in [4.78, 5) is 0. The van der Waals surface area contributed by atoms with Crippen LogP contribution in [0.15, 0.2) is 18.3 Å². The van der Waals surface area contributed by atoms with Crippen molar-refractivity contribution in [2.75, 3.05) is 0 Å². The lowest BCUT2D eigenvalue weighted by Gasteiger charge is -1.97. The molecule has 0 amide bonds. The molecule has 12 heavy (non-hydrogen) atoms. The van der Waals surface area contributed by atoms with Crippen LogP contribution in [0.4, 0.5) is 0 Å². The first-order valence-electron chi connectivity index (χ1n) is 3.46. The summed E-state index contributed by atoms with van der Waals surface area (Å²) in [7, 11) is 1.87. The topological polar surface area (TPSA) is 17.8 Å². The summed E-state index contributed by atoms with van der Waals surface area (Å²) < 4.78 is 1.76. The van der Waals surface area contributed by atoms with E-state index in [-0.39, 0.29) is 0 Å². The summed E-state index contributed by atoms with van der Waals surface area (Å²) in [6, 6.07) is 3.67. The first-order chi connectivity index (χ1) is 5.70. The highest BCUT2D eigenvalue weighted by Gasteiger charge is 2.06. The molecule has 2 nitrogen and oxygen atoms in total. The molecule has 0 unspecified atom stereocenters. The van der Waals surface area contributed by atoms with Crippen LogP contribution in [0.3, 0.4) is 0 Å². The molecule has 62 valence electrons. The van der Waals surface area contributed by atoms with Crippen molar-refractivity contribution in [2.24, 2.45) is 7.05 Å². The number of hydrogen-bond acceptors (Lipinski definition) is 1. The van der Waals surface area contributed by atoms with E-state index in [0.29, 0.717) is 10.0 Å². The van der Waals surface area contributed by atoms with Crippen molar-refractivity contribution >= 4 is 34.1 Å². The molecule has 0 fully saturated rings. The van der Waals surface area contributed by atoms with Gasteiger partial charge in [-0.25, -0.2) is 0 Å². The number of nitrogens with zero attached hydrogens (tertiary/aromatic N) is 2. The zero-order chi connectivity index (χ0) is 8.72. The Labute approximate surface area is 79.7 Å². The van der Waals surface area contributed by atoms with Gasteiger partial charge in [0.15, 0.2) is 0 Å². The maximum absolute atomic E-state index is 5.95. The van der Waals surface area contributed by atoms with E-state index in [1.165, 1.54) is 0 Å². The maximum Gasteiger partial charge on any atom is 0.0702 e. The molecule has 0 saturated carbocycles. The minimum atomic E-state index is 0.567. The van der Waals surface area contributed by atoms with E-state index in [2.05, 4.69) is 5.10 Å². The van der Waals surface area contributed by atoms with Crippen molar-refractivity contribution in [1.82, 2.24) is 9.78 Å². The molecule has 0 radical (unpaired) electrons. The van der Waals surface area contributed by atoms with Crippen molar-refractivity contribution in [3.05, 3.63) is 28.4 Å². The summed E-state index contributed by atoms with van der Waals surface area (Å²) >= 11 is 11.8. The minimum absolute atomic E-state index is 0.567. The predicted molar refractivity (Wildman–Crippen MR) is 50.7 cm³/mol. The fourth-order valence-corrected chi connectivity index (χ4v) is 1.54. The molecule has 0 N–H and O–H groups in total. The SMILES string of the molecule is Cn1ncc2c(Cl)c(Cl)ccc21. The van der Waals surface area contributed by atoms with Crippen LogP contribution in [-0.4, -0.2) is 9.78 Å². The normalized spacial score (nSPS) is 10.9. The van der Waals surface area contributed by atoms with Gasteiger partial charge in [-0.3, -0.25) is 4.68 Å². The second kappa shape index (κ2) is 2.64. The van der Waals surface area contributed by atoms with E-state index >= 15 is 0 Å². The maximum atomic E-state index is 5.95. The van der Waals surface area contributed by atoms with Crippen molar-refractivity contribution < 1.29 is 0 Å². The van der Waals surface area contributed by atoms with Gasteiger partial charge in [0.2, 0.25) is 0 Å². The van der Waals surface area contributed by atoms with Crippen molar-refractivity contribution in [3.8, 4) is 0 Å². The zero-order valence-electron chi connectivity index (χ0n) is 6.38. The lowest BCUT2D eigenvalue weighted by Crippen LogP contribution is -1.87. The van der Waals surface area contributed by atoms with Gasteiger partial charge >= 0.3 is 0 Å². The third kappa shape index (κ3) is 0.993. The van der Waals surface area contributed by atoms with Crippen LogP contribution in [-0.2, 0) is 7.05 Å². The van der Waals surface area contributed by atoms with Gasteiger partial charge in [-0.1, -0.05) is 23.2 Å². The Morgan fingerprint density at radius 1 is 1.33 bits per heavy atom. The Balaban J connectivity index is 2.93. The van der Waals surface area contributed by atoms with Crippen LogP contribution in [0.5, 0.6) is 0 Å². The third-order valence-corrected chi connectivity index (χ3v) is 2.64. The lowest BCUT2D eigenvalue weighted by molar-refractivity contribution is 0.797. The Hall–Kier alpha value is -0.730. The Bertz CT molecular complexity index is 434. The van der Waals surface area contributed by atoms with Crippen LogP contribution in [0.2, 0.25) is 10.0 Å². The molecule has 1 aromatic heterocycles. The van der Waals surface area contributed by atoms with Gasteiger partial charge in [-0.2, -0.15) is 5.10 Å². The molecular formula is C8H6Cl2N2. The van der Waals surface area contributed by atoms with Gasteiger partial charge in [0.25, 0.3) is 0 Å². The molecule has 0 spiro atoms. The van der Waals surface area contributed by atoms with Gasteiger partial charge in [-0.15, -0.1) is 0 Å².